The van der Waals surface area contributed by atoms with E-state index in [1.807, 2.05) is 18.2 Å². The lowest BCUT2D eigenvalue weighted by Gasteiger charge is -2.19. The van der Waals surface area contributed by atoms with Gasteiger partial charge in [0.1, 0.15) is 5.75 Å². The van der Waals surface area contributed by atoms with Gasteiger partial charge in [-0.25, -0.2) is 0 Å². The molecule has 0 radical (unpaired) electrons. The third-order valence-electron chi connectivity index (χ3n) is 3.24. The van der Waals surface area contributed by atoms with Crippen LogP contribution in [0.25, 0.3) is 10.8 Å². The van der Waals surface area contributed by atoms with Crippen molar-refractivity contribution in [2.24, 2.45) is 0 Å². The van der Waals surface area contributed by atoms with E-state index < -0.39 is 12.0 Å². The van der Waals surface area contributed by atoms with Gasteiger partial charge in [0.25, 0.3) is 5.78 Å². The Labute approximate surface area is 112 Å². The summed E-state index contributed by atoms with van der Waals surface area (Å²) in [5, 5.41) is 1.70. The molecule has 1 aliphatic rings. The van der Waals surface area contributed by atoms with Gasteiger partial charge < -0.3 is 4.74 Å². The van der Waals surface area contributed by atoms with Crippen molar-refractivity contribution in [3.8, 4) is 5.75 Å². The largest absolute Gasteiger partial charge is 0.464 e. The summed E-state index contributed by atoms with van der Waals surface area (Å²) in [5.74, 6) is -1.36. The molecule has 0 bridgehead atoms. The lowest BCUT2D eigenvalue weighted by molar-refractivity contribution is -0.166. The van der Waals surface area contributed by atoms with Crippen LogP contribution in [0.2, 0.25) is 0 Å². The number of benzene rings is 2. The number of halogens is 3. The normalized spacial score (nSPS) is 14.4. The molecule has 0 aromatic heterocycles. The zero-order chi connectivity index (χ0) is 14.3. The van der Waals surface area contributed by atoms with Crippen LogP contribution in [0.3, 0.4) is 0 Å². The number of rotatable bonds is 1. The molecule has 0 saturated heterocycles. The maximum absolute atomic E-state index is 12.5. The van der Waals surface area contributed by atoms with Gasteiger partial charge >= 0.3 is 6.18 Å². The summed E-state index contributed by atoms with van der Waals surface area (Å²) >= 11 is 0. The average Bonchev–Trinajstić information content (AvgIpc) is 2.45. The molecule has 102 valence electrons. The van der Waals surface area contributed by atoms with Gasteiger partial charge in [-0.15, -0.1) is 0 Å². The second-order valence-electron chi connectivity index (χ2n) is 4.53. The van der Waals surface area contributed by atoms with Crippen molar-refractivity contribution in [1.82, 2.24) is 0 Å². The summed E-state index contributed by atoms with van der Waals surface area (Å²) < 4.78 is 42.6. The first-order valence-electron chi connectivity index (χ1n) is 5.94. The van der Waals surface area contributed by atoms with E-state index in [1.54, 1.807) is 18.2 Å². The van der Waals surface area contributed by atoms with Crippen molar-refractivity contribution in [1.29, 1.82) is 0 Å². The number of ketones is 1. The quantitative estimate of drug-likeness (QED) is 0.793. The van der Waals surface area contributed by atoms with Crippen LogP contribution in [0.5, 0.6) is 5.75 Å². The summed E-state index contributed by atoms with van der Waals surface area (Å²) in [5.41, 5.74) is 0.236. The molecule has 0 spiro atoms. The number of alkyl halides is 3. The Morgan fingerprint density at radius 2 is 1.85 bits per heavy atom. The predicted octanol–water partition coefficient (Wildman–Crippen LogP) is 3.79. The first-order valence-corrected chi connectivity index (χ1v) is 5.94. The van der Waals surface area contributed by atoms with Gasteiger partial charge in [0.15, 0.2) is 0 Å². The number of Topliss-reactive ketones (excluding diaryl/α,β-unsaturated/α-hetero) is 1. The van der Waals surface area contributed by atoms with Crippen LogP contribution < -0.4 is 4.74 Å². The smallest absolute Gasteiger partial charge is 0.454 e. The first kappa shape index (κ1) is 12.7. The zero-order valence-electron chi connectivity index (χ0n) is 10.2. The van der Waals surface area contributed by atoms with Crippen LogP contribution in [-0.2, 0) is 11.2 Å². The molecule has 5 heteroatoms. The van der Waals surface area contributed by atoms with Crippen molar-refractivity contribution in [3.05, 3.63) is 53.8 Å². The maximum atomic E-state index is 12.5. The van der Waals surface area contributed by atoms with E-state index in [0.29, 0.717) is 11.3 Å². The molecule has 2 nitrogen and oxygen atoms in total. The molecular formula is C15H9F3O2. The van der Waals surface area contributed by atoms with Gasteiger partial charge in [-0.2, -0.15) is 13.2 Å². The molecule has 0 atom stereocenters. The molecule has 2 aromatic rings. The van der Waals surface area contributed by atoms with Gasteiger partial charge in [0, 0.05) is 17.6 Å². The van der Waals surface area contributed by atoms with Crippen molar-refractivity contribution in [3.63, 3.8) is 0 Å². The molecule has 1 aliphatic heterocycles. The number of carbonyl (C=O) groups excluding carboxylic acids is 1. The lowest BCUT2D eigenvalue weighted by Crippen LogP contribution is -2.27. The van der Waals surface area contributed by atoms with Crippen LogP contribution in [0.1, 0.15) is 5.56 Å². The Hall–Kier alpha value is -2.30. The van der Waals surface area contributed by atoms with Crippen LogP contribution in [0.15, 0.2) is 48.2 Å². The Morgan fingerprint density at radius 1 is 1.10 bits per heavy atom. The fourth-order valence-corrected chi connectivity index (χ4v) is 2.29. The molecule has 1 heterocycles. The minimum Gasteiger partial charge on any atom is -0.464 e. The van der Waals surface area contributed by atoms with Gasteiger partial charge in [-0.1, -0.05) is 30.3 Å². The number of ether oxygens (including phenoxy) is 1. The van der Waals surface area contributed by atoms with E-state index in [2.05, 4.69) is 0 Å². The van der Waals surface area contributed by atoms with Crippen molar-refractivity contribution >= 4 is 16.6 Å². The van der Waals surface area contributed by atoms with Gasteiger partial charge in [-0.3, -0.25) is 4.79 Å². The summed E-state index contributed by atoms with van der Waals surface area (Å²) in [7, 11) is 0. The van der Waals surface area contributed by atoms with Crippen LogP contribution in [0.4, 0.5) is 13.2 Å². The Kier molecular flexibility index (Phi) is 2.78. The topological polar surface area (TPSA) is 26.3 Å². The van der Waals surface area contributed by atoms with E-state index in [1.165, 1.54) is 0 Å². The van der Waals surface area contributed by atoms with E-state index in [0.717, 1.165) is 17.0 Å². The predicted molar refractivity (Wildman–Crippen MR) is 67.4 cm³/mol. The summed E-state index contributed by atoms with van der Waals surface area (Å²) in [6, 6.07) is 10.8. The number of carbonyl (C=O) groups is 1. The summed E-state index contributed by atoms with van der Waals surface area (Å²) in [6.45, 7) is 0. The van der Waals surface area contributed by atoms with Crippen molar-refractivity contribution in [2.45, 2.75) is 12.6 Å². The number of fused-ring (bicyclic) bond motifs is 3. The third kappa shape index (κ3) is 2.05. The number of hydrogen-bond donors (Lipinski definition) is 0. The molecule has 0 amide bonds. The number of hydrogen-bond acceptors (Lipinski definition) is 2. The van der Waals surface area contributed by atoms with Crippen LogP contribution >= 0.6 is 0 Å². The van der Waals surface area contributed by atoms with Gasteiger partial charge in [-0.05, 0) is 16.8 Å². The molecule has 0 aliphatic carbocycles. The minimum atomic E-state index is -4.88. The van der Waals surface area contributed by atoms with Crippen LogP contribution in [0, 0.1) is 0 Å². The molecular weight excluding hydrogens is 269 g/mol. The second-order valence-corrected chi connectivity index (χ2v) is 4.53. The molecule has 0 saturated carbocycles. The van der Waals surface area contributed by atoms with Crippen molar-refractivity contribution < 1.29 is 22.7 Å². The average molecular weight is 278 g/mol. The maximum Gasteiger partial charge on any atom is 0.454 e. The SMILES string of the molecule is O=C(C1=COc2ccc3ccccc3c2C1)C(F)(F)F. The van der Waals surface area contributed by atoms with Crippen LogP contribution in [-0.4, -0.2) is 12.0 Å². The molecule has 2 aromatic carbocycles. The lowest BCUT2D eigenvalue weighted by atomic mass is 9.94. The fraction of sp³-hybridized carbons (Fsp3) is 0.133. The molecule has 3 rings (SSSR count). The summed E-state index contributed by atoms with van der Waals surface area (Å²) in [6.07, 6.45) is -4.06. The summed E-state index contributed by atoms with van der Waals surface area (Å²) in [4.78, 5) is 11.3. The fourth-order valence-electron chi connectivity index (χ4n) is 2.29. The minimum absolute atomic E-state index is 0.0744. The molecule has 0 unspecified atom stereocenters. The Bertz CT molecular complexity index is 729. The van der Waals surface area contributed by atoms with Crippen molar-refractivity contribution in [2.75, 3.05) is 0 Å². The monoisotopic (exact) mass is 278 g/mol. The Morgan fingerprint density at radius 3 is 2.60 bits per heavy atom. The highest BCUT2D eigenvalue weighted by molar-refractivity contribution is 6.01. The zero-order valence-corrected chi connectivity index (χ0v) is 10.2. The highest BCUT2D eigenvalue weighted by Crippen LogP contribution is 2.35. The third-order valence-corrected chi connectivity index (χ3v) is 3.24. The standard InChI is InChI=1S/C15H9F3O2/c16-15(17,18)14(19)10-7-12-11-4-2-1-3-9(11)5-6-13(12)20-8-10/h1-6,8H,7H2. The second kappa shape index (κ2) is 4.37. The van der Waals surface area contributed by atoms with Gasteiger partial charge in [0.2, 0.25) is 0 Å². The number of allylic oxidation sites excluding steroid dienone is 1. The highest BCUT2D eigenvalue weighted by Gasteiger charge is 2.41. The van der Waals surface area contributed by atoms with E-state index >= 15 is 0 Å². The molecule has 20 heavy (non-hydrogen) atoms. The molecule has 0 fully saturated rings. The van der Waals surface area contributed by atoms with Gasteiger partial charge in [0.05, 0.1) is 6.26 Å². The van der Waals surface area contributed by atoms with E-state index in [9.17, 15) is 18.0 Å². The van der Waals surface area contributed by atoms with E-state index in [4.69, 9.17) is 4.74 Å². The highest BCUT2D eigenvalue weighted by atomic mass is 19.4. The Balaban J connectivity index is 2.06. The molecule has 0 N–H and O–H groups in total. The van der Waals surface area contributed by atoms with E-state index in [-0.39, 0.29) is 12.0 Å². The first-order chi connectivity index (χ1) is 9.47.